The highest BCUT2D eigenvalue weighted by Crippen LogP contribution is 2.09. The first kappa shape index (κ1) is 11.1. The number of nitrogens with zero attached hydrogens (tertiary/aromatic N) is 2. The average Bonchev–Trinajstić information content (AvgIpc) is 2.78. The second-order valence-electron chi connectivity index (χ2n) is 3.92. The number of hydrogen-bond donors (Lipinski definition) is 0. The molecule has 0 aromatic carbocycles. The van der Waals surface area contributed by atoms with E-state index in [0.717, 1.165) is 17.0 Å². The topological polar surface area (TPSA) is 34.9 Å². The molecular weight excluding hydrogens is 220 g/mol. The number of aryl methyl sites for hydroxylation is 2. The van der Waals surface area contributed by atoms with Crippen molar-refractivity contribution in [2.24, 2.45) is 7.05 Å². The van der Waals surface area contributed by atoms with Gasteiger partial charge >= 0.3 is 0 Å². The fourth-order valence-corrected chi connectivity index (χ4v) is 2.38. The van der Waals surface area contributed by atoms with Crippen molar-refractivity contribution in [2.45, 2.75) is 19.8 Å². The van der Waals surface area contributed by atoms with Crippen molar-refractivity contribution in [1.29, 1.82) is 0 Å². The fraction of sp³-hybridized carbons (Fsp3) is 0.333. The molecule has 0 aliphatic carbocycles. The van der Waals surface area contributed by atoms with Crippen LogP contribution in [0.2, 0.25) is 0 Å². The van der Waals surface area contributed by atoms with E-state index in [9.17, 15) is 4.79 Å². The molecule has 0 N–H and O–H groups in total. The minimum atomic E-state index is 0.237. The standard InChI is InChI=1S/C12H14N2OS/c1-9-5-11(14(2)13-9)7-12(15)6-10-3-4-16-8-10/h3-5,8H,6-7H2,1-2H3. The van der Waals surface area contributed by atoms with Crippen molar-refractivity contribution in [3.05, 3.63) is 39.8 Å². The van der Waals surface area contributed by atoms with E-state index >= 15 is 0 Å². The lowest BCUT2D eigenvalue weighted by Gasteiger charge is -2.00. The first-order valence-corrected chi connectivity index (χ1v) is 6.12. The summed E-state index contributed by atoms with van der Waals surface area (Å²) in [5.74, 6) is 0.237. The molecule has 0 amide bonds. The molecule has 0 aliphatic heterocycles. The van der Waals surface area contributed by atoms with Crippen molar-refractivity contribution >= 4 is 17.1 Å². The molecule has 2 aromatic heterocycles. The van der Waals surface area contributed by atoms with E-state index in [2.05, 4.69) is 5.10 Å². The van der Waals surface area contributed by atoms with Crippen molar-refractivity contribution in [1.82, 2.24) is 9.78 Å². The minimum Gasteiger partial charge on any atom is -0.299 e. The van der Waals surface area contributed by atoms with Crippen LogP contribution >= 0.6 is 11.3 Å². The van der Waals surface area contributed by atoms with E-state index in [1.165, 1.54) is 0 Å². The molecule has 0 aliphatic rings. The predicted octanol–water partition coefficient (Wildman–Crippen LogP) is 2.14. The van der Waals surface area contributed by atoms with Crippen LogP contribution in [-0.4, -0.2) is 15.6 Å². The van der Waals surface area contributed by atoms with Gasteiger partial charge in [-0.15, -0.1) is 0 Å². The second-order valence-corrected chi connectivity index (χ2v) is 4.70. The van der Waals surface area contributed by atoms with Crippen molar-refractivity contribution in [2.75, 3.05) is 0 Å². The molecule has 2 rings (SSSR count). The highest BCUT2D eigenvalue weighted by atomic mass is 32.1. The third kappa shape index (κ3) is 2.58. The number of aromatic nitrogens is 2. The molecule has 0 unspecified atom stereocenters. The van der Waals surface area contributed by atoms with E-state index in [0.29, 0.717) is 12.8 Å². The molecule has 3 nitrogen and oxygen atoms in total. The predicted molar refractivity (Wildman–Crippen MR) is 64.7 cm³/mol. The monoisotopic (exact) mass is 234 g/mol. The Kier molecular flexibility index (Phi) is 3.19. The summed E-state index contributed by atoms with van der Waals surface area (Å²) >= 11 is 1.63. The maximum Gasteiger partial charge on any atom is 0.143 e. The maximum atomic E-state index is 11.8. The van der Waals surface area contributed by atoms with E-state index < -0.39 is 0 Å². The van der Waals surface area contributed by atoms with Gasteiger partial charge in [0.15, 0.2) is 0 Å². The number of carbonyl (C=O) groups is 1. The van der Waals surface area contributed by atoms with Gasteiger partial charge in [-0.2, -0.15) is 16.4 Å². The summed E-state index contributed by atoms with van der Waals surface area (Å²) < 4.78 is 1.78. The van der Waals surface area contributed by atoms with Gasteiger partial charge in [0.25, 0.3) is 0 Å². The van der Waals surface area contributed by atoms with E-state index in [1.54, 1.807) is 16.0 Å². The van der Waals surface area contributed by atoms with Crippen molar-refractivity contribution in [3.8, 4) is 0 Å². The summed E-state index contributed by atoms with van der Waals surface area (Å²) in [5.41, 5.74) is 3.05. The molecule has 4 heteroatoms. The Morgan fingerprint density at radius 1 is 1.50 bits per heavy atom. The lowest BCUT2D eigenvalue weighted by Crippen LogP contribution is -2.09. The number of hydrogen-bond acceptors (Lipinski definition) is 3. The molecule has 0 saturated heterocycles. The number of ketones is 1. The first-order chi connectivity index (χ1) is 7.65. The molecule has 0 fully saturated rings. The summed E-state index contributed by atoms with van der Waals surface area (Å²) in [6, 6.07) is 3.96. The van der Waals surface area contributed by atoms with Crippen LogP contribution in [0, 0.1) is 6.92 Å². The van der Waals surface area contributed by atoms with Crippen LogP contribution in [0.4, 0.5) is 0 Å². The molecule has 2 aromatic rings. The molecular formula is C12H14N2OS. The molecule has 84 valence electrons. The molecule has 0 radical (unpaired) electrons. The number of carbonyl (C=O) groups excluding carboxylic acids is 1. The quantitative estimate of drug-likeness (QED) is 0.812. The van der Waals surface area contributed by atoms with Crippen LogP contribution in [0.3, 0.4) is 0 Å². The summed E-state index contributed by atoms with van der Waals surface area (Å²) in [5, 5.41) is 8.24. The summed E-state index contributed by atoms with van der Waals surface area (Å²) in [6.45, 7) is 1.94. The highest BCUT2D eigenvalue weighted by Gasteiger charge is 2.09. The van der Waals surface area contributed by atoms with E-state index in [-0.39, 0.29) is 5.78 Å². The average molecular weight is 234 g/mol. The first-order valence-electron chi connectivity index (χ1n) is 5.17. The molecule has 0 atom stereocenters. The fourth-order valence-electron chi connectivity index (χ4n) is 1.72. The Bertz CT molecular complexity index is 485. The number of thiophene rings is 1. The zero-order valence-corrected chi connectivity index (χ0v) is 10.3. The molecule has 0 saturated carbocycles. The number of rotatable bonds is 4. The van der Waals surface area contributed by atoms with Gasteiger partial charge in [-0.25, -0.2) is 0 Å². The summed E-state index contributed by atoms with van der Waals surface area (Å²) in [6.07, 6.45) is 0.987. The van der Waals surface area contributed by atoms with Gasteiger partial charge in [-0.1, -0.05) is 0 Å². The Balaban J connectivity index is 2.00. The van der Waals surface area contributed by atoms with Crippen LogP contribution in [0.1, 0.15) is 17.0 Å². The zero-order valence-electron chi connectivity index (χ0n) is 9.43. The Morgan fingerprint density at radius 2 is 2.31 bits per heavy atom. The van der Waals surface area contributed by atoms with Gasteiger partial charge in [0, 0.05) is 25.6 Å². The Labute approximate surface area is 98.7 Å². The van der Waals surface area contributed by atoms with Crippen LogP contribution in [0.5, 0.6) is 0 Å². The molecule has 0 bridgehead atoms. The SMILES string of the molecule is Cc1cc(CC(=O)Cc2ccsc2)n(C)n1. The summed E-state index contributed by atoms with van der Waals surface area (Å²) in [7, 11) is 1.88. The third-order valence-electron chi connectivity index (χ3n) is 2.46. The van der Waals surface area contributed by atoms with Gasteiger partial charge in [-0.05, 0) is 35.4 Å². The highest BCUT2D eigenvalue weighted by molar-refractivity contribution is 7.07. The minimum absolute atomic E-state index is 0.237. The van der Waals surface area contributed by atoms with E-state index in [4.69, 9.17) is 0 Å². The third-order valence-corrected chi connectivity index (χ3v) is 3.19. The molecule has 0 spiro atoms. The van der Waals surface area contributed by atoms with Crippen molar-refractivity contribution < 1.29 is 4.79 Å². The maximum absolute atomic E-state index is 11.8. The van der Waals surface area contributed by atoms with Crippen LogP contribution in [0.15, 0.2) is 22.9 Å². The molecule has 16 heavy (non-hydrogen) atoms. The van der Waals surface area contributed by atoms with Crippen LogP contribution < -0.4 is 0 Å². The molecule has 2 heterocycles. The largest absolute Gasteiger partial charge is 0.299 e. The van der Waals surface area contributed by atoms with Crippen LogP contribution in [-0.2, 0) is 24.7 Å². The van der Waals surface area contributed by atoms with Crippen molar-refractivity contribution in [3.63, 3.8) is 0 Å². The Hall–Kier alpha value is -1.42. The Morgan fingerprint density at radius 3 is 2.88 bits per heavy atom. The number of Topliss-reactive ketones (excluding diaryl/α,β-unsaturated/α-hetero) is 1. The zero-order chi connectivity index (χ0) is 11.5. The van der Waals surface area contributed by atoms with Crippen LogP contribution in [0.25, 0.3) is 0 Å². The van der Waals surface area contributed by atoms with Gasteiger partial charge in [0.05, 0.1) is 5.69 Å². The smallest absolute Gasteiger partial charge is 0.143 e. The second kappa shape index (κ2) is 4.61. The van der Waals surface area contributed by atoms with Gasteiger partial charge in [0.2, 0.25) is 0 Å². The normalized spacial score (nSPS) is 10.6. The lowest BCUT2D eigenvalue weighted by atomic mass is 10.1. The van der Waals surface area contributed by atoms with Gasteiger partial charge in [0.1, 0.15) is 5.78 Å². The summed E-state index contributed by atoms with van der Waals surface area (Å²) in [4.78, 5) is 11.8. The van der Waals surface area contributed by atoms with E-state index in [1.807, 2.05) is 36.9 Å². The lowest BCUT2D eigenvalue weighted by molar-refractivity contribution is -0.117. The van der Waals surface area contributed by atoms with Gasteiger partial charge in [-0.3, -0.25) is 9.48 Å². The van der Waals surface area contributed by atoms with Gasteiger partial charge < -0.3 is 0 Å².